The molecule has 4 unspecified atom stereocenters. The minimum atomic E-state index is -1.29. The van der Waals surface area contributed by atoms with Crippen LogP contribution in [0.4, 0.5) is 5.69 Å². The van der Waals surface area contributed by atoms with Gasteiger partial charge in [-0.05, 0) is 44.2 Å². The molecule has 9 N–H and O–H groups in total. The van der Waals surface area contributed by atoms with Crippen molar-refractivity contribution in [2.75, 3.05) is 25.5 Å². The summed E-state index contributed by atoms with van der Waals surface area (Å²) < 4.78 is 0. The first kappa shape index (κ1) is 25.4. The van der Waals surface area contributed by atoms with E-state index in [1.54, 1.807) is 24.3 Å². The van der Waals surface area contributed by atoms with Crippen LogP contribution in [0, 0.1) is 0 Å². The fourth-order valence-electron chi connectivity index (χ4n) is 4.14. The Morgan fingerprint density at radius 3 is 2.59 bits per heavy atom. The summed E-state index contributed by atoms with van der Waals surface area (Å²) >= 11 is 0. The van der Waals surface area contributed by atoms with Gasteiger partial charge in [-0.3, -0.25) is 35.7 Å². The monoisotopic (exact) mass is 477 g/mol. The van der Waals surface area contributed by atoms with Crippen LogP contribution >= 0.6 is 0 Å². The Balaban J connectivity index is 1.47. The normalized spacial score (nSPS) is 25.5. The molecule has 34 heavy (non-hydrogen) atoms. The highest BCUT2D eigenvalue weighted by Gasteiger charge is 2.42. The van der Waals surface area contributed by atoms with Crippen LogP contribution in [0.2, 0.25) is 0 Å². The number of anilines is 1. The third-order valence-electron chi connectivity index (χ3n) is 6.03. The summed E-state index contributed by atoms with van der Waals surface area (Å²) in [4.78, 5) is 48.6. The van der Waals surface area contributed by atoms with Crippen molar-refractivity contribution in [1.29, 1.82) is 0 Å². The van der Waals surface area contributed by atoms with E-state index in [0.717, 1.165) is 12.1 Å². The Bertz CT molecular complexity index is 911. The first-order valence-electron chi connectivity index (χ1n) is 11.0. The molecular formula is C21H31N7O6. The van der Waals surface area contributed by atoms with E-state index >= 15 is 0 Å². The Morgan fingerprint density at radius 2 is 1.94 bits per heavy atom. The van der Waals surface area contributed by atoms with Crippen LogP contribution < -0.4 is 32.3 Å². The first-order valence-corrected chi connectivity index (χ1v) is 11.0. The molecule has 0 aromatic heterocycles. The number of rotatable bonds is 10. The zero-order valence-corrected chi connectivity index (χ0v) is 18.8. The van der Waals surface area contributed by atoms with E-state index in [1.165, 1.54) is 0 Å². The number of likely N-dealkylation sites (N-methyl/N-ethyl adjacent to an activating group) is 1. The van der Waals surface area contributed by atoms with Gasteiger partial charge in [-0.15, -0.1) is 0 Å². The Morgan fingerprint density at radius 1 is 1.24 bits per heavy atom. The number of benzene rings is 1. The highest BCUT2D eigenvalue weighted by molar-refractivity contribution is 5.97. The van der Waals surface area contributed by atoms with Crippen LogP contribution in [-0.4, -0.2) is 89.6 Å². The van der Waals surface area contributed by atoms with Crippen LogP contribution in [0.3, 0.4) is 0 Å². The fourth-order valence-corrected chi connectivity index (χ4v) is 4.14. The maximum Gasteiger partial charge on any atom is 0.326 e. The van der Waals surface area contributed by atoms with Crippen molar-refractivity contribution >= 4 is 29.4 Å². The summed E-state index contributed by atoms with van der Waals surface area (Å²) in [5.74, 6) is -3.13. The van der Waals surface area contributed by atoms with E-state index in [-0.39, 0.29) is 42.6 Å². The number of carboxylic acids is 2. The molecule has 5 atom stereocenters. The first-order chi connectivity index (χ1) is 16.2. The van der Waals surface area contributed by atoms with Gasteiger partial charge in [0.25, 0.3) is 5.91 Å². The summed E-state index contributed by atoms with van der Waals surface area (Å²) in [5, 5.41) is 32.7. The quantitative estimate of drug-likeness (QED) is 0.187. The summed E-state index contributed by atoms with van der Waals surface area (Å²) in [7, 11) is 1.91. The van der Waals surface area contributed by atoms with Crippen LogP contribution in [0.15, 0.2) is 24.3 Å². The molecule has 2 amide bonds. The molecular weight excluding hydrogens is 446 g/mol. The highest BCUT2D eigenvalue weighted by Crippen LogP contribution is 2.17. The van der Waals surface area contributed by atoms with Gasteiger partial charge in [0.15, 0.2) is 0 Å². The van der Waals surface area contributed by atoms with Gasteiger partial charge in [-0.2, -0.15) is 0 Å². The number of nitrogens with two attached hydrogens (primary N) is 1. The topological polar surface area (TPSA) is 198 Å². The van der Waals surface area contributed by atoms with Crippen LogP contribution in [0.1, 0.15) is 29.6 Å². The van der Waals surface area contributed by atoms with Crippen LogP contribution in [0.25, 0.3) is 0 Å². The largest absolute Gasteiger partial charge is 0.481 e. The fraction of sp³-hybridized carbons (Fsp3) is 0.524. The van der Waals surface area contributed by atoms with Crippen molar-refractivity contribution in [2.45, 2.75) is 49.8 Å². The van der Waals surface area contributed by atoms with Crippen LogP contribution in [-0.2, 0) is 14.4 Å². The molecule has 2 aliphatic heterocycles. The number of nitrogens with one attached hydrogen (secondary N) is 5. The van der Waals surface area contributed by atoms with E-state index in [4.69, 9.17) is 10.8 Å². The molecule has 0 bridgehead atoms. The average Bonchev–Trinajstić information content (AvgIpc) is 2.77. The van der Waals surface area contributed by atoms with Crippen molar-refractivity contribution in [2.24, 2.45) is 5.73 Å². The maximum atomic E-state index is 12.3. The van der Waals surface area contributed by atoms with Gasteiger partial charge in [0.05, 0.1) is 6.17 Å². The number of hydrogen-bond acceptors (Lipinski definition) is 9. The van der Waals surface area contributed by atoms with Crippen molar-refractivity contribution in [3.05, 3.63) is 29.8 Å². The number of aliphatic carboxylic acids is 2. The molecule has 2 aliphatic rings. The molecule has 0 aliphatic carbocycles. The Kier molecular flexibility index (Phi) is 8.39. The molecule has 0 saturated carbocycles. The minimum Gasteiger partial charge on any atom is -0.481 e. The van der Waals surface area contributed by atoms with Gasteiger partial charge in [-0.1, -0.05) is 0 Å². The number of carboxylic acid groups (broad SMARTS) is 2. The number of carbonyl (C=O) groups is 4. The smallest absolute Gasteiger partial charge is 0.326 e. The van der Waals surface area contributed by atoms with Crippen molar-refractivity contribution < 1.29 is 29.4 Å². The highest BCUT2D eigenvalue weighted by atomic mass is 16.4. The van der Waals surface area contributed by atoms with E-state index in [1.807, 2.05) is 11.9 Å². The second-order valence-electron chi connectivity index (χ2n) is 8.39. The van der Waals surface area contributed by atoms with E-state index in [0.29, 0.717) is 13.1 Å². The lowest BCUT2D eigenvalue weighted by molar-refractivity contribution is -0.140. The summed E-state index contributed by atoms with van der Waals surface area (Å²) in [6.45, 7) is 1.32. The number of fused-ring (bicyclic) bond motifs is 1. The zero-order chi connectivity index (χ0) is 24.8. The molecule has 13 nitrogen and oxygen atoms in total. The van der Waals surface area contributed by atoms with Gasteiger partial charge >= 0.3 is 11.9 Å². The number of carbonyl (C=O) groups excluding carboxylic acids is 2. The van der Waals surface area contributed by atoms with Gasteiger partial charge in [0.1, 0.15) is 18.4 Å². The van der Waals surface area contributed by atoms with Crippen molar-refractivity contribution in [3.63, 3.8) is 0 Å². The molecule has 2 fully saturated rings. The number of nitrogens with zero attached hydrogens (tertiary/aromatic N) is 1. The zero-order valence-electron chi connectivity index (χ0n) is 18.8. The molecule has 13 heteroatoms. The van der Waals surface area contributed by atoms with Crippen molar-refractivity contribution in [3.8, 4) is 0 Å². The van der Waals surface area contributed by atoms with E-state index < -0.39 is 30.2 Å². The summed E-state index contributed by atoms with van der Waals surface area (Å²) in [5.41, 5.74) is 6.81. The third kappa shape index (κ3) is 6.41. The van der Waals surface area contributed by atoms with E-state index in [2.05, 4.69) is 26.6 Å². The third-order valence-corrected chi connectivity index (χ3v) is 6.03. The number of piperazine rings is 1. The molecule has 0 radical (unpaired) electrons. The predicted octanol–water partition coefficient (Wildman–Crippen LogP) is -1.90. The Hall–Kier alpha value is -3.26. The number of amides is 2. The Labute approximate surface area is 196 Å². The maximum absolute atomic E-state index is 12.3. The summed E-state index contributed by atoms with van der Waals surface area (Å²) in [6.07, 6.45) is -0.577. The molecule has 186 valence electrons. The molecule has 1 aromatic carbocycles. The lowest BCUT2D eigenvalue weighted by Crippen LogP contribution is -2.78. The minimum absolute atomic E-state index is 0.120. The predicted molar refractivity (Wildman–Crippen MR) is 122 cm³/mol. The van der Waals surface area contributed by atoms with Gasteiger partial charge < -0.3 is 26.2 Å². The van der Waals surface area contributed by atoms with Gasteiger partial charge in [0.2, 0.25) is 5.91 Å². The second kappa shape index (κ2) is 11.2. The van der Waals surface area contributed by atoms with E-state index in [9.17, 15) is 24.3 Å². The second-order valence-corrected chi connectivity index (χ2v) is 8.39. The average molecular weight is 478 g/mol. The lowest BCUT2D eigenvalue weighted by atomic mass is 10.0. The standard InChI is InChI=1S/C21H31N7O6/c1-28-13(10-24-17-16(28)19(32)27-21(22)26-17)8-9-23-12-4-2-11(3-5-12)18(31)25-14(20(33)34)6-7-15(29)30/h2-5,13-14,16-17,21,23-24,26H,6-10,22H2,1H3,(H,25,31)(H,27,32)(H,29,30)(H,33,34)/t13?,14-,16?,17?,21?/m0/s1. The molecule has 3 rings (SSSR count). The van der Waals surface area contributed by atoms with Crippen molar-refractivity contribution in [1.82, 2.24) is 26.2 Å². The molecule has 2 saturated heterocycles. The lowest BCUT2D eigenvalue weighted by Gasteiger charge is -2.48. The van der Waals surface area contributed by atoms with Gasteiger partial charge in [0, 0.05) is 36.8 Å². The molecule has 2 heterocycles. The molecule has 1 aromatic rings. The summed E-state index contributed by atoms with van der Waals surface area (Å²) in [6, 6.07) is 5.03. The SMILES string of the molecule is CN1C(CCNc2ccc(C(=O)N[C@@H](CCC(=O)O)C(=O)O)cc2)CNC2NC(N)NC(=O)C21. The van der Waals surface area contributed by atoms with Crippen LogP contribution in [0.5, 0.6) is 0 Å². The van der Waals surface area contributed by atoms with Gasteiger partial charge in [-0.25, -0.2) is 4.79 Å². The number of hydrogen-bond donors (Lipinski definition) is 8. The molecule has 0 spiro atoms.